The summed E-state index contributed by atoms with van der Waals surface area (Å²) in [5, 5.41) is 11.5. The fourth-order valence-electron chi connectivity index (χ4n) is 8.72. The Kier molecular flexibility index (Phi) is 6.27. The average Bonchev–Trinajstić information content (AvgIpc) is 3.59. The molecule has 0 fully saturated rings. The first-order valence-electron chi connectivity index (χ1n) is 18.6. The first-order chi connectivity index (χ1) is 27.3. The fraction of sp³-hybridized carbons (Fsp3) is 0. The molecule has 0 radical (unpaired) electrons. The van der Waals surface area contributed by atoms with E-state index >= 15 is 0 Å². The van der Waals surface area contributed by atoms with Gasteiger partial charge in [0.25, 0.3) is 0 Å². The van der Waals surface area contributed by atoms with Crippen LogP contribution in [0.2, 0.25) is 0 Å². The summed E-state index contributed by atoms with van der Waals surface area (Å²) in [6, 6.07) is 57.9. The topological polar surface area (TPSA) is 56.5 Å². The molecule has 9 aromatic carbocycles. The van der Waals surface area contributed by atoms with Crippen LogP contribution in [0.4, 0.5) is 0 Å². The summed E-state index contributed by atoms with van der Waals surface area (Å²) in [5.41, 5.74) is 10.7. The van der Waals surface area contributed by atoms with E-state index in [1.165, 1.54) is 21.5 Å². The first-order valence-corrected chi connectivity index (χ1v) is 18.6. The minimum absolute atomic E-state index is 0.839. The molecule has 0 aliphatic rings. The van der Waals surface area contributed by atoms with Gasteiger partial charge in [0.1, 0.15) is 0 Å². The lowest BCUT2D eigenvalue weighted by Gasteiger charge is -2.11. The number of aromatic nitrogens is 5. The summed E-state index contributed by atoms with van der Waals surface area (Å²) in [4.78, 5) is 20.8. The van der Waals surface area contributed by atoms with E-state index in [2.05, 4.69) is 168 Å². The minimum Gasteiger partial charge on any atom is -0.309 e. The molecule has 0 saturated heterocycles. The monoisotopic (exact) mass is 699 g/mol. The first kappa shape index (κ1) is 30.0. The maximum Gasteiger partial charge on any atom is 0.0979 e. The normalized spacial score (nSPS) is 12.0. The lowest BCUT2D eigenvalue weighted by molar-refractivity contribution is 1.18. The number of nitrogens with zero attached hydrogens (tertiary/aromatic N) is 5. The Bertz CT molecular complexity index is 3260. The Labute approximate surface area is 314 Å². The molecule has 254 valence electrons. The highest BCUT2D eigenvalue weighted by atomic mass is 15.0. The van der Waals surface area contributed by atoms with Gasteiger partial charge >= 0.3 is 0 Å². The van der Waals surface area contributed by atoms with E-state index in [0.717, 1.165) is 93.6 Å². The van der Waals surface area contributed by atoms with Crippen LogP contribution in [0.1, 0.15) is 0 Å². The Morgan fingerprint density at radius 2 is 0.673 bits per heavy atom. The maximum atomic E-state index is 5.33. The van der Waals surface area contributed by atoms with Crippen molar-refractivity contribution in [1.82, 2.24) is 24.5 Å². The predicted molar refractivity (Wildman–Crippen MR) is 228 cm³/mol. The number of fused-ring (bicyclic) bond motifs is 15. The van der Waals surface area contributed by atoms with Crippen LogP contribution in [0.5, 0.6) is 0 Å². The van der Waals surface area contributed by atoms with Crippen molar-refractivity contribution in [2.75, 3.05) is 0 Å². The number of hydrogen-bond acceptors (Lipinski definition) is 4. The molecule has 0 bridgehead atoms. The van der Waals surface area contributed by atoms with Crippen molar-refractivity contribution >= 4 is 87.0 Å². The molecule has 55 heavy (non-hydrogen) atoms. The van der Waals surface area contributed by atoms with Crippen molar-refractivity contribution in [3.8, 4) is 28.2 Å². The minimum atomic E-state index is 0.839. The zero-order chi connectivity index (χ0) is 36.0. The molecule has 0 atom stereocenters. The highest BCUT2D eigenvalue weighted by Gasteiger charge is 2.18. The van der Waals surface area contributed by atoms with E-state index in [-0.39, 0.29) is 0 Å². The van der Waals surface area contributed by atoms with Gasteiger partial charge in [-0.1, -0.05) is 127 Å². The van der Waals surface area contributed by atoms with Crippen molar-refractivity contribution in [2.45, 2.75) is 0 Å². The smallest absolute Gasteiger partial charge is 0.0979 e. The van der Waals surface area contributed by atoms with Gasteiger partial charge in [-0.3, -0.25) is 9.97 Å². The second-order valence-electron chi connectivity index (χ2n) is 14.2. The van der Waals surface area contributed by atoms with Crippen molar-refractivity contribution in [1.29, 1.82) is 0 Å². The standard InChI is InChI=1S/C50H29N5/c1-2-12-32(13-3-1)55-45-24-22-30(43-28-51-47-37-18-8-4-14-33(37)35-16-6-10-20-39(35)49(47)53-43)26-41(45)42-27-31(23-25-46(42)55)44-29-52-48-38-19-9-5-15-34(38)36-17-7-11-21-40(36)50(48)54-44/h1-29H. The van der Waals surface area contributed by atoms with Crippen LogP contribution in [-0.4, -0.2) is 24.5 Å². The molecule has 3 aromatic heterocycles. The molecule has 0 spiro atoms. The van der Waals surface area contributed by atoms with Crippen LogP contribution in [-0.2, 0) is 0 Å². The van der Waals surface area contributed by atoms with Crippen LogP contribution < -0.4 is 0 Å². The molecule has 5 nitrogen and oxygen atoms in total. The van der Waals surface area contributed by atoms with Gasteiger partial charge in [-0.2, -0.15) is 0 Å². The van der Waals surface area contributed by atoms with Crippen molar-refractivity contribution in [3.05, 3.63) is 176 Å². The van der Waals surface area contributed by atoms with E-state index < -0.39 is 0 Å². The summed E-state index contributed by atoms with van der Waals surface area (Å²) in [6.07, 6.45) is 3.84. The molecular formula is C50H29N5. The number of benzene rings is 9. The molecule has 0 N–H and O–H groups in total. The average molecular weight is 700 g/mol. The molecule has 0 aliphatic heterocycles. The van der Waals surface area contributed by atoms with Gasteiger partial charge in [0.2, 0.25) is 0 Å². The van der Waals surface area contributed by atoms with Crippen LogP contribution in [0, 0.1) is 0 Å². The van der Waals surface area contributed by atoms with Crippen LogP contribution in [0.15, 0.2) is 176 Å². The second-order valence-corrected chi connectivity index (χ2v) is 14.2. The number of hydrogen-bond donors (Lipinski definition) is 0. The zero-order valence-electron chi connectivity index (χ0n) is 29.5. The van der Waals surface area contributed by atoms with Crippen molar-refractivity contribution in [2.24, 2.45) is 0 Å². The highest BCUT2D eigenvalue weighted by Crippen LogP contribution is 2.39. The van der Waals surface area contributed by atoms with Crippen molar-refractivity contribution in [3.63, 3.8) is 0 Å². The molecule has 12 aromatic rings. The van der Waals surface area contributed by atoms with Gasteiger partial charge in [-0.25, -0.2) is 9.97 Å². The number of para-hydroxylation sites is 1. The lowest BCUT2D eigenvalue weighted by atomic mass is 9.99. The zero-order valence-corrected chi connectivity index (χ0v) is 29.5. The third-order valence-corrected chi connectivity index (χ3v) is 11.2. The van der Waals surface area contributed by atoms with Crippen molar-refractivity contribution < 1.29 is 0 Å². The molecule has 0 amide bonds. The lowest BCUT2D eigenvalue weighted by Crippen LogP contribution is -1.94. The molecule has 0 saturated carbocycles. The van der Waals surface area contributed by atoms with Crippen LogP contribution >= 0.6 is 0 Å². The van der Waals surface area contributed by atoms with E-state index in [4.69, 9.17) is 19.9 Å². The summed E-state index contributed by atoms with van der Waals surface area (Å²) in [6.45, 7) is 0. The Balaban J connectivity index is 1.09. The largest absolute Gasteiger partial charge is 0.309 e. The predicted octanol–water partition coefficient (Wildman–Crippen LogP) is 12.6. The number of rotatable bonds is 3. The highest BCUT2D eigenvalue weighted by molar-refractivity contribution is 6.24. The molecule has 0 unspecified atom stereocenters. The Morgan fingerprint density at radius 3 is 1.09 bits per heavy atom. The van der Waals surface area contributed by atoms with Gasteiger partial charge in [0, 0.05) is 49.1 Å². The summed E-state index contributed by atoms with van der Waals surface area (Å²) in [5.74, 6) is 0. The summed E-state index contributed by atoms with van der Waals surface area (Å²) >= 11 is 0. The van der Waals surface area contributed by atoms with E-state index in [1.807, 2.05) is 12.4 Å². The van der Waals surface area contributed by atoms with Gasteiger partial charge in [0.05, 0.1) is 56.9 Å². The second kappa shape index (κ2) is 11.5. The van der Waals surface area contributed by atoms with Crippen LogP contribution in [0.25, 0.3) is 115 Å². The third-order valence-electron chi connectivity index (χ3n) is 11.2. The van der Waals surface area contributed by atoms with E-state index in [0.29, 0.717) is 0 Å². The van der Waals surface area contributed by atoms with Gasteiger partial charge < -0.3 is 4.57 Å². The SMILES string of the molecule is c1ccc(-n2c3ccc(-c4cnc5c6ccccc6c6ccccc6c5n4)cc3c3cc(-c4cnc5c6ccccc6c6ccccc6c5n4)ccc32)cc1. The molecule has 0 aliphatic carbocycles. The molecule has 12 rings (SSSR count). The molecule has 3 heterocycles. The molecular weight excluding hydrogens is 671 g/mol. The van der Waals surface area contributed by atoms with Gasteiger partial charge in [-0.15, -0.1) is 0 Å². The maximum absolute atomic E-state index is 5.33. The Morgan fingerprint density at radius 1 is 0.309 bits per heavy atom. The third kappa shape index (κ3) is 4.41. The van der Waals surface area contributed by atoms with E-state index in [9.17, 15) is 0 Å². The van der Waals surface area contributed by atoms with Gasteiger partial charge in [-0.05, 0) is 57.9 Å². The van der Waals surface area contributed by atoms with Crippen LogP contribution in [0.3, 0.4) is 0 Å². The van der Waals surface area contributed by atoms with E-state index in [1.54, 1.807) is 0 Å². The van der Waals surface area contributed by atoms with Gasteiger partial charge in [0.15, 0.2) is 0 Å². The fourth-order valence-corrected chi connectivity index (χ4v) is 8.72. The Hall–Kier alpha value is -7.50. The summed E-state index contributed by atoms with van der Waals surface area (Å²) < 4.78 is 2.34. The summed E-state index contributed by atoms with van der Waals surface area (Å²) in [7, 11) is 0. The quantitative estimate of drug-likeness (QED) is 0.172. The molecule has 5 heteroatoms.